The van der Waals surface area contributed by atoms with E-state index in [9.17, 15) is 0 Å². The summed E-state index contributed by atoms with van der Waals surface area (Å²) in [6.07, 6.45) is 3.59. The fourth-order valence-electron chi connectivity index (χ4n) is 4.86. The summed E-state index contributed by atoms with van der Waals surface area (Å²) in [5.41, 5.74) is 2.68. The first-order valence-electron chi connectivity index (χ1n) is 12.1. The Balaban J connectivity index is 0.00000306. The summed E-state index contributed by atoms with van der Waals surface area (Å²) in [7, 11) is 1.91. The van der Waals surface area contributed by atoms with Gasteiger partial charge in [-0.1, -0.05) is 60.7 Å². The van der Waals surface area contributed by atoms with Gasteiger partial charge in [0.2, 0.25) is 0 Å². The maximum absolute atomic E-state index is 5.98. The van der Waals surface area contributed by atoms with Crippen LogP contribution in [0.5, 0.6) is 0 Å². The van der Waals surface area contributed by atoms with Crippen LogP contribution in [-0.4, -0.2) is 68.7 Å². The van der Waals surface area contributed by atoms with Gasteiger partial charge in [0.05, 0.1) is 13.2 Å². The summed E-state index contributed by atoms with van der Waals surface area (Å²) in [6.45, 7) is 8.19. The number of benzene rings is 2. The maximum atomic E-state index is 5.98. The van der Waals surface area contributed by atoms with Gasteiger partial charge in [-0.25, -0.2) is 0 Å². The molecular weight excluding hydrogens is 523 g/mol. The van der Waals surface area contributed by atoms with Gasteiger partial charge in [0.1, 0.15) is 0 Å². The second-order valence-electron chi connectivity index (χ2n) is 9.22. The van der Waals surface area contributed by atoms with Crippen molar-refractivity contribution in [3.8, 4) is 0 Å². The smallest absolute Gasteiger partial charge is 0.193 e. The quantitative estimate of drug-likeness (QED) is 0.282. The zero-order valence-electron chi connectivity index (χ0n) is 19.9. The Kier molecular flexibility index (Phi) is 11.0. The molecule has 0 aromatic heterocycles. The van der Waals surface area contributed by atoms with Gasteiger partial charge in [-0.05, 0) is 42.9 Å². The summed E-state index contributed by atoms with van der Waals surface area (Å²) >= 11 is 0. The van der Waals surface area contributed by atoms with Crippen molar-refractivity contribution in [2.24, 2.45) is 16.8 Å². The van der Waals surface area contributed by atoms with Crippen LogP contribution in [0.25, 0.3) is 0 Å². The number of likely N-dealkylation sites (tertiary alicyclic amines) is 2. The predicted molar refractivity (Wildman–Crippen MR) is 147 cm³/mol. The van der Waals surface area contributed by atoms with Gasteiger partial charge in [-0.15, -0.1) is 24.0 Å². The lowest BCUT2D eigenvalue weighted by molar-refractivity contribution is 0.0906. The molecule has 2 aliphatic rings. The molecule has 2 fully saturated rings. The van der Waals surface area contributed by atoms with E-state index in [1.54, 1.807) is 0 Å². The van der Waals surface area contributed by atoms with E-state index in [1.807, 2.05) is 13.1 Å². The maximum Gasteiger partial charge on any atom is 0.193 e. The number of hydrogen-bond donors (Lipinski definition) is 1. The molecule has 0 aliphatic carbocycles. The molecule has 0 spiro atoms. The van der Waals surface area contributed by atoms with Crippen LogP contribution in [0.3, 0.4) is 0 Å². The first-order valence-corrected chi connectivity index (χ1v) is 12.1. The Bertz CT molecular complexity index is 833. The van der Waals surface area contributed by atoms with Crippen molar-refractivity contribution in [2.45, 2.75) is 25.9 Å². The summed E-state index contributed by atoms with van der Waals surface area (Å²) in [4.78, 5) is 9.58. The van der Waals surface area contributed by atoms with Crippen LogP contribution in [0, 0.1) is 11.8 Å². The number of rotatable bonds is 9. The molecule has 0 saturated carbocycles. The van der Waals surface area contributed by atoms with Crippen LogP contribution < -0.4 is 5.32 Å². The highest BCUT2D eigenvalue weighted by Gasteiger charge is 2.27. The van der Waals surface area contributed by atoms with E-state index in [-0.39, 0.29) is 24.0 Å². The molecule has 0 bridgehead atoms. The molecule has 2 aliphatic heterocycles. The molecule has 33 heavy (non-hydrogen) atoms. The van der Waals surface area contributed by atoms with Crippen molar-refractivity contribution in [2.75, 3.05) is 52.9 Å². The van der Waals surface area contributed by atoms with Gasteiger partial charge in [0.25, 0.3) is 0 Å². The number of nitrogens with zero attached hydrogens (tertiary/aromatic N) is 3. The van der Waals surface area contributed by atoms with Gasteiger partial charge in [-0.2, -0.15) is 0 Å². The minimum atomic E-state index is 0. The third-order valence-corrected chi connectivity index (χ3v) is 6.74. The summed E-state index contributed by atoms with van der Waals surface area (Å²) in [5.74, 6) is 2.34. The summed E-state index contributed by atoms with van der Waals surface area (Å²) < 4.78 is 5.98. The molecule has 5 nitrogen and oxygen atoms in total. The van der Waals surface area contributed by atoms with Crippen molar-refractivity contribution in [3.05, 3.63) is 71.8 Å². The fraction of sp³-hybridized carbons (Fsp3) is 0.519. The van der Waals surface area contributed by atoms with E-state index >= 15 is 0 Å². The van der Waals surface area contributed by atoms with Crippen molar-refractivity contribution in [1.29, 1.82) is 0 Å². The Labute approximate surface area is 216 Å². The average Bonchev–Trinajstić information content (AvgIpc) is 3.50. The van der Waals surface area contributed by atoms with Gasteiger partial charge < -0.3 is 19.9 Å². The Morgan fingerprint density at radius 2 is 1.64 bits per heavy atom. The highest BCUT2D eigenvalue weighted by molar-refractivity contribution is 14.0. The Morgan fingerprint density at radius 3 is 2.36 bits per heavy atom. The third kappa shape index (κ3) is 8.26. The van der Waals surface area contributed by atoms with Gasteiger partial charge in [0, 0.05) is 45.7 Å². The molecule has 0 radical (unpaired) electrons. The van der Waals surface area contributed by atoms with Gasteiger partial charge >= 0.3 is 0 Å². The molecule has 6 heteroatoms. The lowest BCUT2D eigenvalue weighted by atomic mass is 10.1. The standard InChI is InChI=1S/C27H38N4O.HI/c1-28-27(31-17-14-26(20-31)22-32-21-24-10-6-3-7-11-24)29-18-25-13-16-30(19-25)15-12-23-8-4-2-5-9-23;/h2-11,25-26H,12-22H2,1H3,(H,28,29);1H. The SMILES string of the molecule is CN=C(NCC1CCN(CCc2ccccc2)C1)N1CCC(COCc2ccccc2)C1.I. The van der Waals surface area contributed by atoms with Gasteiger partial charge in [-0.3, -0.25) is 4.99 Å². The molecule has 1 N–H and O–H groups in total. The average molecular weight is 563 g/mol. The topological polar surface area (TPSA) is 40.1 Å². The van der Waals surface area contributed by atoms with Gasteiger partial charge in [0.15, 0.2) is 5.96 Å². The van der Waals surface area contributed by atoms with E-state index in [0.717, 1.165) is 45.2 Å². The van der Waals surface area contributed by atoms with Crippen LogP contribution in [0.1, 0.15) is 24.0 Å². The van der Waals surface area contributed by atoms with Crippen molar-refractivity contribution >= 4 is 29.9 Å². The third-order valence-electron chi connectivity index (χ3n) is 6.74. The largest absolute Gasteiger partial charge is 0.376 e. The number of aliphatic imine (C=N–C) groups is 1. The van der Waals surface area contributed by atoms with Crippen LogP contribution in [0.2, 0.25) is 0 Å². The van der Waals surface area contributed by atoms with Crippen LogP contribution in [0.15, 0.2) is 65.7 Å². The molecule has 2 atom stereocenters. The lowest BCUT2D eigenvalue weighted by Crippen LogP contribution is -2.42. The molecule has 2 aromatic carbocycles. The second kappa shape index (κ2) is 13.9. The minimum Gasteiger partial charge on any atom is -0.376 e. The van der Waals surface area contributed by atoms with Crippen molar-refractivity contribution in [1.82, 2.24) is 15.1 Å². The highest BCUT2D eigenvalue weighted by Crippen LogP contribution is 2.19. The highest BCUT2D eigenvalue weighted by atomic mass is 127. The number of hydrogen-bond acceptors (Lipinski definition) is 3. The van der Waals surface area contributed by atoms with E-state index in [2.05, 4.69) is 74.7 Å². The minimum absolute atomic E-state index is 0. The van der Waals surface area contributed by atoms with Crippen molar-refractivity contribution < 1.29 is 4.74 Å². The Morgan fingerprint density at radius 1 is 0.939 bits per heavy atom. The monoisotopic (exact) mass is 562 g/mol. The van der Waals surface area contributed by atoms with Crippen LogP contribution >= 0.6 is 24.0 Å². The molecular formula is C27H39IN4O. The predicted octanol–water partition coefficient (Wildman–Crippen LogP) is 4.28. The molecule has 2 unspecified atom stereocenters. The van der Waals surface area contributed by atoms with Crippen molar-refractivity contribution in [3.63, 3.8) is 0 Å². The Hall–Kier alpha value is -1.64. The lowest BCUT2D eigenvalue weighted by Gasteiger charge is -2.23. The van der Waals surface area contributed by atoms with Crippen LogP contribution in [0.4, 0.5) is 0 Å². The molecule has 2 heterocycles. The summed E-state index contributed by atoms with van der Waals surface area (Å²) in [6, 6.07) is 21.3. The second-order valence-corrected chi connectivity index (χ2v) is 9.22. The number of nitrogens with one attached hydrogen (secondary N) is 1. The van der Waals surface area contributed by atoms with E-state index in [4.69, 9.17) is 4.74 Å². The van der Waals surface area contributed by atoms with Crippen LogP contribution in [-0.2, 0) is 17.8 Å². The molecule has 2 aromatic rings. The molecule has 2 saturated heterocycles. The first-order chi connectivity index (χ1) is 15.8. The van der Waals surface area contributed by atoms with E-state index in [0.29, 0.717) is 18.4 Å². The fourth-order valence-corrected chi connectivity index (χ4v) is 4.86. The summed E-state index contributed by atoms with van der Waals surface area (Å²) in [5, 5.41) is 3.66. The normalized spacial score (nSPS) is 21.2. The number of halogens is 1. The molecule has 0 amide bonds. The zero-order chi connectivity index (χ0) is 22.0. The number of ether oxygens (including phenoxy) is 1. The molecule has 4 rings (SSSR count). The van der Waals surface area contributed by atoms with E-state index < -0.39 is 0 Å². The molecule has 180 valence electrons. The van der Waals surface area contributed by atoms with E-state index in [1.165, 1.54) is 37.1 Å². The first kappa shape index (κ1) is 26.0. The zero-order valence-corrected chi connectivity index (χ0v) is 22.2. The number of guanidine groups is 1.